The van der Waals surface area contributed by atoms with Gasteiger partial charge in [-0.3, -0.25) is 19.7 Å². The number of amides is 1. The maximum absolute atomic E-state index is 13.2. The summed E-state index contributed by atoms with van der Waals surface area (Å²) in [7, 11) is 0. The summed E-state index contributed by atoms with van der Waals surface area (Å²) >= 11 is 5.94. The number of ketones is 1. The van der Waals surface area contributed by atoms with Crippen molar-refractivity contribution in [3.8, 4) is 0 Å². The molecule has 2 heterocycles. The number of benzene rings is 3. The summed E-state index contributed by atoms with van der Waals surface area (Å²) in [6, 6.07) is 25.3. The van der Waals surface area contributed by atoms with Gasteiger partial charge in [0.1, 0.15) is 5.69 Å². The molecule has 35 heavy (non-hydrogen) atoms. The van der Waals surface area contributed by atoms with Crippen LogP contribution in [0.4, 0.5) is 5.69 Å². The molecule has 2 aromatic heterocycles. The number of nitrogens with one attached hydrogen (secondary N) is 2. The normalized spacial score (nSPS) is 11.1. The Morgan fingerprint density at radius 1 is 0.857 bits per heavy atom. The number of hydrogen-bond donors (Lipinski definition) is 2. The van der Waals surface area contributed by atoms with Gasteiger partial charge in [-0.05, 0) is 48.0 Å². The van der Waals surface area contributed by atoms with Crippen LogP contribution in [0, 0.1) is 0 Å². The molecule has 0 radical (unpaired) electrons. The van der Waals surface area contributed by atoms with Gasteiger partial charge in [-0.1, -0.05) is 66.2 Å². The second-order valence-corrected chi connectivity index (χ2v) is 8.27. The van der Waals surface area contributed by atoms with Crippen molar-refractivity contribution in [1.82, 2.24) is 15.2 Å². The molecule has 5 aromatic rings. The number of hydrogen-bond acceptors (Lipinski definition) is 4. The largest absolute Gasteiger partial charge is 0.321 e. The van der Waals surface area contributed by atoms with E-state index in [0.717, 1.165) is 22.2 Å². The van der Waals surface area contributed by atoms with Crippen LogP contribution >= 0.6 is 11.6 Å². The molecule has 3 aromatic carbocycles. The molecule has 0 saturated carbocycles. The van der Waals surface area contributed by atoms with Crippen molar-refractivity contribution in [2.24, 2.45) is 0 Å². The molecule has 0 atom stereocenters. The van der Waals surface area contributed by atoms with Gasteiger partial charge in [0.15, 0.2) is 5.78 Å². The highest BCUT2D eigenvalue weighted by Gasteiger charge is 2.14. The third-order valence-corrected chi connectivity index (χ3v) is 5.66. The minimum atomic E-state index is -0.410. The van der Waals surface area contributed by atoms with Crippen LogP contribution in [0.25, 0.3) is 23.1 Å². The maximum atomic E-state index is 13.2. The van der Waals surface area contributed by atoms with Crippen LogP contribution in [0.5, 0.6) is 0 Å². The number of H-pyrrole nitrogens is 1. The lowest BCUT2D eigenvalue weighted by molar-refractivity contribution is 0.101. The van der Waals surface area contributed by atoms with Crippen molar-refractivity contribution < 1.29 is 9.59 Å². The first-order valence-corrected chi connectivity index (χ1v) is 11.2. The van der Waals surface area contributed by atoms with Gasteiger partial charge in [0.25, 0.3) is 5.91 Å². The number of aromatic nitrogens is 3. The second kappa shape index (κ2) is 9.75. The monoisotopic (exact) mass is 478 g/mol. The fourth-order valence-corrected chi connectivity index (χ4v) is 3.84. The Kier molecular flexibility index (Phi) is 6.20. The molecule has 7 heteroatoms. The number of pyridine rings is 1. The van der Waals surface area contributed by atoms with Crippen LogP contribution in [0.15, 0.2) is 91.1 Å². The first-order chi connectivity index (χ1) is 17.1. The van der Waals surface area contributed by atoms with Gasteiger partial charge in [0, 0.05) is 33.4 Å². The maximum Gasteiger partial charge on any atom is 0.274 e. The number of fused-ring (bicyclic) bond motifs is 1. The van der Waals surface area contributed by atoms with Crippen molar-refractivity contribution in [2.75, 3.05) is 5.32 Å². The zero-order valence-electron chi connectivity index (χ0n) is 18.4. The van der Waals surface area contributed by atoms with E-state index < -0.39 is 5.91 Å². The van der Waals surface area contributed by atoms with E-state index in [-0.39, 0.29) is 11.5 Å². The van der Waals surface area contributed by atoms with E-state index in [2.05, 4.69) is 20.5 Å². The summed E-state index contributed by atoms with van der Waals surface area (Å²) in [5.74, 6) is -0.577. The Hall–Kier alpha value is -4.55. The van der Waals surface area contributed by atoms with Gasteiger partial charge in [-0.25, -0.2) is 0 Å². The summed E-state index contributed by atoms with van der Waals surface area (Å²) in [5, 5.41) is 11.5. The highest BCUT2D eigenvalue weighted by Crippen LogP contribution is 2.22. The number of halogens is 1. The number of carbonyl (C=O) groups excluding carboxylic acids is 2. The standard InChI is InChI=1S/C28H19ClN4O2/c29-21-13-14-30-26(17-21)28(35)31-22-8-4-7-19(15-22)27(34)20-10-11-23-24(32-33-25(23)16-20)12-9-18-5-2-1-3-6-18/h1-17H,(H,31,35)(H,32,33)/b12-9+. The Balaban J connectivity index is 1.35. The minimum absolute atomic E-state index is 0.167. The Bertz CT molecular complexity index is 1570. The number of anilines is 1. The number of nitrogens with zero attached hydrogens (tertiary/aromatic N) is 2. The third-order valence-electron chi connectivity index (χ3n) is 5.42. The van der Waals surface area contributed by atoms with Gasteiger partial charge in [0.05, 0.1) is 11.2 Å². The van der Waals surface area contributed by atoms with Crippen LogP contribution in [-0.4, -0.2) is 26.9 Å². The SMILES string of the molecule is O=C(c1cccc(NC(=O)c2cc(Cl)ccn2)c1)c1ccc2c(/C=C/c3ccccc3)n[nH]c2c1. The third kappa shape index (κ3) is 5.03. The Labute approximate surface area is 206 Å². The van der Waals surface area contributed by atoms with Crippen molar-refractivity contribution in [1.29, 1.82) is 0 Å². The summed E-state index contributed by atoms with van der Waals surface area (Å²) in [6.07, 6.45) is 5.40. The van der Waals surface area contributed by atoms with Crippen LogP contribution in [0.3, 0.4) is 0 Å². The molecule has 170 valence electrons. The van der Waals surface area contributed by atoms with E-state index in [1.807, 2.05) is 48.6 Å². The van der Waals surface area contributed by atoms with Crippen molar-refractivity contribution in [3.05, 3.63) is 124 Å². The topological polar surface area (TPSA) is 87.7 Å². The van der Waals surface area contributed by atoms with E-state index >= 15 is 0 Å². The molecule has 0 saturated heterocycles. The van der Waals surface area contributed by atoms with E-state index in [0.29, 0.717) is 21.8 Å². The summed E-state index contributed by atoms with van der Waals surface area (Å²) in [5.41, 5.74) is 4.27. The molecule has 0 aliphatic carbocycles. The molecule has 0 aliphatic heterocycles. The Morgan fingerprint density at radius 2 is 1.69 bits per heavy atom. The molecular formula is C28H19ClN4O2. The van der Waals surface area contributed by atoms with Crippen molar-refractivity contribution in [2.45, 2.75) is 0 Å². The fourth-order valence-electron chi connectivity index (χ4n) is 3.68. The lowest BCUT2D eigenvalue weighted by atomic mass is 10.0. The lowest BCUT2D eigenvalue weighted by Gasteiger charge is -2.07. The number of aromatic amines is 1. The van der Waals surface area contributed by atoms with Gasteiger partial charge in [0.2, 0.25) is 0 Å². The highest BCUT2D eigenvalue weighted by molar-refractivity contribution is 6.31. The molecule has 0 fully saturated rings. The second-order valence-electron chi connectivity index (χ2n) is 7.84. The summed E-state index contributed by atoms with van der Waals surface area (Å²) in [6.45, 7) is 0. The average Bonchev–Trinajstić information content (AvgIpc) is 3.30. The zero-order chi connectivity index (χ0) is 24.2. The first-order valence-electron chi connectivity index (χ1n) is 10.9. The van der Waals surface area contributed by atoms with Crippen LogP contribution in [0.1, 0.15) is 37.7 Å². The molecular weight excluding hydrogens is 460 g/mol. The average molecular weight is 479 g/mol. The molecule has 5 rings (SSSR count). The van der Waals surface area contributed by atoms with Gasteiger partial charge < -0.3 is 5.32 Å². The number of carbonyl (C=O) groups is 2. The van der Waals surface area contributed by atoms with E-state index in [1.54, 1.807) is 42.5 Å². The molecule has 0 bridgehead atoms. The first kappa shape index (κ1) is 22.3. The smallest absolute Gasteiger partial charge is 0.274 e. The quantitative estimate of drug-likeness (QED) is 0.282. The Morgan fingerprint density at radius 3 is 2.51 bits per heavy atom. The molecule has 0 spiro atoms. The van der Waals surface area contributed by atoms with E-state index in [9.17, 15) is 9.59 Å². The van der Waals surface area contributed by atoms with Crippen molar-refractivity contribution >= 4 is 52.0 Å². The molecule has 2 N–H and O–H groups in total. The predicted molar refractivity (Wildman–Crippen MR) is 139 cm³/mol. The van der Waals surface area contributed by atoms with Crippen LogP contribution in [-0.2, 0) is 0 Å². The van der Waals surface area contributed by atoms with Crippen LogP contribution < -0.4 is 5.32 Å². The van der Waals surface area contributed by atoms with E-state index in [4.69, 9.17) is 11.6 Å². The predicted octanol–water partition coefficient (Wildman–Crippen LogP) is 6.27. The summed E-state index contributed by atoms with van der Waals surface area (Å²) in [4.78, 5) is 29.7. The van der Waals surface area contributed by atoms with E-state index in [1.165, 1.54) is 12.3 Å². The minimum Gasteiger partial charge on any atom is -0.321 e. The highest BCUT2D eigenvalue weighted by atomic mass is 35.5. The zero-order valence-corrected chi connectivity index (χ0v) is 19.2. The van der Waals surface area contributed by atoms with Gasteiger partial charge >= 0.3 is 0 Å². The van der Waals surface area contributed by atoms with Crippen molar-refractivity contribution in [3.63, 3.8) is 0 Å². The van der Waals surface area contributed by atoms with Crippen LogP contribution in [0.2, 0.25) is 5.02 Å². The lowest BCUT2D eigenvalue weighted by Crippen LogP contribution is -2.14. The molecule has 6 nitrogen and oxygen atoms in total. The molecule has 1 amide bonds. The molecule has 0 unspecified atom stereocenters. The fraction of sp³-hybridized carbons (Fsp3) is 0. The molecule has 0 aliphatic rings. The van der Waals surface area contributed by atoms with Gasteiger partial charge in [-0.15, -0.1) is 0 Å². The summed E-state index contributed by atoms with van der Waals surface area (Å²) < 4.78 is 0. The van der Waals surface area contributed by atoms with Gasteiger partial charge in [-0.2, -0.15) is 5.10 Å². The number of rotatable bonds is 6.